The quantitative estimate of drug-likeness (QED) is 0.719. The van der Waals surface area contributed by atoms with Gasteiger partial charge < -0.3 is 4.74 Å². The fraction of sp³-hybridized carbons (Fsp3) is 0.900. The molecule has 0 radical (unpaired) electrons. The van der Waals surface area contributed by atoms with E-state index < -0.39 is 0 Å². The molecule has 0 unspecified atom stereocenters. The standard InChI is InChI=1S/C20H30O3/c1-19-9-7-14(22)11-13(19)3-4-15-16-5-6-18(23-12-21)20(16,2)10-8-17(15)19/h12-13,15-18H,3-11H2,1-2H3/t13-,15+,16-,17-,18+,19-,20+/m0/s1. The van der Waals surface area contributed by atoms with E-state index in [1.54, 1.807) is 0 Å². The van der Waals surface area contributed by atoms with Crippen molar-refractivity contribution in [1.82, 2.24) is 0 Å². The molecule has 0 aromatic carbocycles. The number of carbonyl (C=O) groups excluding carboxylic acids is 2. The second-order valence-corrected chi connectivity index (χ2v) is 9.24. The van der Waals surface area contributed by atoms with Crippen LogP contribution in [0.5, 0.6) is 0 Å². The first kappa shape index (κ1) is 15.7. The summed E-state index contributed by atoms with van der Waals surface area (Å²) in [5.41, 5.74) is 0.567. The third-order valence-corrected chi connectivity index (χ3v) is 8.61. The molecule has 4 aliphatic rings. The largest absolute Gasteiger partial charge is 0.464 e. The second kappa shape index (κ2) is 5.32. The van der Waals surface area contributed by atoms with Gasteiger partial charge in [-0.2, -0.15) is 0 Å². The molecule has 4 saturated carbocycles. The average molecular weight is 318 g/mol. The Balaban J connectivity index is 1.60. The minimum atomic E-state index is 0.129. The molecule has 0 amide bonds. The van der Waals surface area contributed by atoms with Gasteiger partial charge in [0.1, 0.15) is 11.9 Å². The molecule has 23 heavy (non-hydrogen) atoms. The Kier molecular flexibility index (Phi) is 3.62. The number of fused-ring (bicyclic) bond motifs is 5. The minimum Gasteiger partial charge on any atom is -0.464 e. The number of ether oxygens (including phenoxy) is 1. The van der Waals surface area contributed by atoms with Crippen LogP contribution in [0.1, 0.15) is 71.6 Å². The van der Waals surface area contributed by atoms with E-state index in [1.165, 1.54) is 32.1 Å². The van der Waals surface area contributed by atoms with Crippen molar-refractivity contribution in [1.29, 1.82) is 0 Å². The van der Waals surface area contributed by atoms with Gasteiger partial charge in [-0.1, -0.05) is 13.8 Å². The third kappa shape index (κ3) is 2.14. The summed E-state index contributed by atoms with van der Waals surface area (Å²) in [6.45, 7) is 5.52. The van der Waals surface area contributed by atoms with Crippen LogP contribution in [0.3, 0.4) is 0 Å². The molecule has 4 aliphatic carbocycles. The van der Waals surface area contributed by atoms with E-state index in [1.807, 2.05) is 0 Å². The predicted octanol–water partition coefficient (Wildman–Crippen LogP) is 4.14. The summed E-state index contributed by atoms with van der Waals surface area (Å²) in [7, 11) is 0. The fourth-order valence-corrected chi connectivity index (χ4v) is 7.29. The van der Waals surface area contributed by atoms with Gasteiger partial charge >= 0.3 is 0 Å². The van der Waals surface area contributed by atoms with E-state index in [0.29, 0.717) is 29.5 Å². The van der Waals surface area contributed by atoms with Crippen LogP contribution in [0.4, 0.5) is 0 Å². The molecule has 0 aromatic rings. The molecule has 3 heteroatoms. The maximum absolute atomic E-state index is 11.9. The molecule has 4 rings (SSSR count). The molecule has 0 heterocycles. The van der Waals surface area contributed by atoms with Crippen LogP contribution in [0.15, 0.2) is 0 Å². The summed E-state index contributed by atoms with van der Waals surface area (Å²) in [6.07, 6.45) is 10.1. The lowest BCUT2D eigenvalue weighted by Gasteiger charge is -2.60. The monoisotopic (exact) mass is 318 g/mol. The zero-order valence-electron chi connectivity index (χ0n) is 14.6. The van der Waals surface area contributed by atoms with Crippen LogP contribution < -0.4 is 0 Å². The highest BCUT2D eigenvalue weighted by Gasteiger charge is 2.60. The summed E-state index contributed by atoms with van der Waals surface area (Å²) in [5.74, 6) is 3.39. The number of carbonyl (C=O) groups is 2. The van der Waals surface area contributed by atoms with Crippen molar-refractivity contribution in [2.45, 2.75) is 77.7 Å². The normalized spacial score (nSPS) is 52.3. The Labute approximate surface area is 139 Å². The summed E-state index contributed by atoms with van der Waals surface area (Å²) in [5, 5.41) is 0. The van der Waals surface area contributed by atoms with Crippen LogP contribution in [-0.2, 0) is 14.3 Å². The molecule has 128 valence electrons. The number of hydrogen-bond donors (Lipinski definition) is 0. The highest BCUT2D eigenvalue weighted by atomic mass is 16.5. The number of hydrogen-bond acceptors (Lipinski definition) is 3. The molecule has 0 spiro atoms. The van der Waals surface area contributed by atoms with Gasteiger partial charge in [-0.25, -0.2) is 0 Å². The number of Topliss-reactive ketones (excluding diaryl/α,β-unsaturated/α-hetero) is 1. The Hall–Kier alpha value is -0.860. The summed E-state index contributed by atoms with van der Waals surface area (Å²) in [6, 6.07) is 0. The average Bonchev–Trinajstić information content (AvgIpc) is 2.85. The summed E-state index contributed by atoms with van der Waals surface area (Å²) >= 11 is 0. The van der Waals surface area contributed by atoms with Gasteiger partial charge in [-0.15, -0.1) is 0 Å². The van der Waals surface area contributed by atoms with E-state index in [4.69, 9.17) is 4.74 Å². The molecular formula is C20H30O3. The molecule has 3 nitrogen and oxygen atoms in total. The Morgan fingerprint density at radius 1 is 1.00 bits per heavy atom. The van der Waals surface area contributed by atoms with Crippen molar-refractivity contribution in [3.8, 4) is 0 Å². The van der Waals surface area contributed by atoms with Gasteiger partial charge in [-0.05, 0) is 74.0 Å². The van der Waals surface area contributed by atoms with Crippen LogP contribution in [-0.4, -0.2) is 18.4 Å². The number of ketones is 1. The van der Waals surface area contributed by atoms with Gasteiger partial charge in [-0.3, -0.25) is 9.59 Å². The molecule has 0 N–H and O–H groups in total. The highest BCUT2D eigenvalue weighted by Crippen LogP contribution is 2.66. The first-order valence-electron chi connectivity index (χ1n) is 9.60. The van der Waals surface area contributed by atoms with Gasteiger partial charge in [0.15, 0.2) is 0 Å². The molecule has 7 atom stereocenters. The van der Waals surface area contributed by atoms with Gasteiger partial charge in [0, 0.05) is 18.3 Å². The smallest absolute Gasteiger partial charge is 0.293 e. The zero-order valence-corrected chi connectivity index (χ0v) is 14.6. The van der Waals surface area contributed by atoms with Gasteiger partial charge in [0.25, 0.3) is 6.47 Å². The molecule has 0 bridgehead atoms. The van der Waals surface area contributed by atoms with E-state index in [0.717, 1.165) is 37.5 Å². The molecule has 4 fully saturated rings. The van der Waals surface area contributed by atoms with Crippen molar-refractivity contribution >= 4 is 12.3 Å². The number of rotatable bonds is 2. The first-order chi connectivity index (χ1) is 11.0. The summed E-state index contributed by atoms with van der Waals surface area (Å²) in [4.78, 5) is 22.8. The van der Waals surface area contributed by atoms with Crippen LogP contribution in [0.25, 0.3) is 0 Å². The third-order valence-electron chi connectivity index (χ3n) is 8.61. The van der Waals surface area contributed by atoms with E-state index in [-0.39, 0.29) is 11.5 Å². The van der Waals surface area contributed by atoms with Crippen LogP contribution in [0.2, 0.25) is 0 Å². The second-order valence-electron chi connectivity index (χ2n) is 9.24. The maximum Gasteiger partial charge on any atom is 0.293 e. The van der Waals surface area contributed by atoms with Crippen molar-refractivity contribution in [3.63, 3.8) is 0 Å². The SMILES string of the molecule is C[C@]12CCC(=O)C[C@@H]1CC[C@H]1[C@@H]2CC[C@@]2(C)[C@H](OC=O)CC[C@@H]12. The zero-order chi connectivity index (χ0) is 16.2. The summed E-state index contributed by atoms with van der Waals surface area (Å²) < 4.78 is 5.48. The van der Waals surface area contributed by atoms with Crippen molar-refractivity contribution in [2.75, 3.05) is 0 Å². The highest BCUT2D eigenvalue weighted by molar-refractivity contribution is 5.79. The Bertz CT molecular complexity index is 515. The molecular weight excluding hydrogens is 288 g/mol. The molecule has 0 aromatic heterocycles. The van der Waals surface area contributed by atoms with E-state index in [2.05, 4.69) is 13.8 Å². The maximum atomic E-state index is 11.9. The van der Waals surface area contributed by atoms with Crippen molar-refractivity contribution in [2.24, 2.45) is 34.5 Å². The topological polar surface area (TPSA) is 43.4 Å². The van der Waals surface area contributed by atoms with Crippen LogP contribution in [0, 0.1) is 34.5 Å². The minimum absolute atomic E-state index is 0.129. The lowest BCUT2D eigenvalue weighted by atomic mass is 9.45. The fourth-order valence-electron chi connectivity index (χ4n) is 7.29. The van der Waals surface area contributed by atoms with Crippen molar-refractivity contribution < 1.29 is 14.3 Å². The lowest BCUT2D eigenvalue weighted by molar-refractivity contribution is -0.153. The van der Waals surface area contributed by atoms with Gasteiger partial charge in [0.2, 0.25) is 0 Å². The van der Waals surface area contributed by atoms with Gasteiger partial charge in [0.05, 0.1) is 0 Å². The molecule has 0 saturated heterocycles. The van der Waals surface area contributed by atoms with Crippen molar-refractivity contribution in [3.05, 3.63) is 0 Å². The Morgan fingerprint density at radius 3 is 2.57 bits per heavy atom. The lowest BCUT2D eigenvalue weighted by Crippen LogP contribution is -2.54. The Morgan fingerprint density at radius 2 is 1.78 bits per heavy atom. The first-order valence-corrected chi connectivity index (χ1v) is 9.60. The van der Waals surface area contributed by atoms with E-state index in [9.17, 15) is 9.59 Å². The molecule has 0 aliphatic heterocycles. The van der Waals surface area contributed by atoms with E-state index >= 15 is 0 Å². The van der Waals surface area contributed by atoms with Crippen LogP contribution >= 0.6 is 0 Å². The predicted molar refractivity (Wildman–Crippen MR) is 87.7 cm³/mol.